The van der Waals surface area contributed by atoms with Crippen LogP contribution in [-0.2, 0) is 6.54 Å². The SMILES string of the molecule is CCCn1ncc(NC(C)CCO)c(Br)c1=O. The molecule has 1 aromatic heterocycles. The lowest BCUT2D eigenvalue weighted by Crippen LogP contribution is -2.26. The Hall–Kier alpha value is -0.880. The summed E-state index contributed by atoms with van der Waals surface area (Å²) in [5.74, 6) is 0. The van der Waals surface area contributed by atoms with Crippen molar-refractivity contribution in [3.05, 3.63) is 21.0 Å². The summed E-state index contributed by atoms with van der Waals surface area (Å²) >= 11 is 3.28. The fraction of sp³-hybridized carbons (Fsp3) is 0.636. The summed E-state index contributed by atoms with van der Waals surface area (Å²) in [5.41, 5.74) is 0.538. The molecule has 0 spiro atoms. The molecule has 1 atom stereocenters. The van der Waals surface area contributed by atoms with Gasteiger partial charge in [0, 0.05) is 19.2 Å². The van der Waals surface area contributed by atoms with Crippen molar-refractivity contribution in [3.63, 3.8) is 0 Å². The number of aliphatic hydroxyl groups is 1. The molecule has 1 rings (SSSR count). The van der Waals surface area contributed by atoms with Crippen LogP contribution in [0, 0.1) is 0 Å². The van der Waals surface area contributed by atoms with Crippen LogP contribution in [0.3, 0.4) is 0 Å². The smallest absolute Gasteiger partial charge is 0.283 e. The molecule has 0 radical (unpaired) electrons. The first-order valence-corrected chi connectivity index (χ1v) is 6.52. The van der Waals surface area contributed by atoms with Crippen LogP contribution in [0.1, 0.15) is 26.7 Å². The molecular formula is C11H18BrN3O2. The number of nitrogens with one attached hydrogen (secondary N) is 1. The van der Waals surface area contributed by atoms with Gasteiger partial charge in [-0.1, -0.05) is 6.92 Å². The number of hydrogen-bond acceptors (Lipinski definition) is 4. The number of aromatic nitrogens is 2. The van der Waals surface area contributed by atoms with Gasteiger partial charge in [-0.3, -0.25) is 4.79 Å². The lowest BCUT2D eigenvalue weighted by atomic mass is 10.2. The zero-order chi connectivity index (χ0) is 12.8. The van der Waals surface area contributed by atoms with Crippen molar-refractivity contribution in [1.29, 1.82) is 0 Å². The predicted octanol–water partition coefficient (Wildman–Crippen LogP) is 1.60. The highest BCUT2D eigenvalue weighted by atomic mass is 79.9. The number of nitrogens with zero attached hydrogens (tertiary/aromatic N) is 2. The second-order valence-electron chi connectivity index (χ2n) is 3.96. The maximum atomic E-state index is 11.9. The van der Waals surface area contributed by atoms with Crippen molar-refractivity contribution in [2.45, 2.75) is 39.3 Å². The minimum Gasteiger partial charge on any atom is -0.396 e. The highest BCUT2D eigenvalue weighted by molar-refractivity contribution is 9.10. The Balaban J connectivity index is 2.89. The van der Waals surface area contributed by atoms with Crippen LogP contribution in [0.2, 0.25) is 0 Å². The lowest BCUT2D eigenvalue weighted by molar-refractivity contribution is 0.282. The Kier molecular flexibility index (Phi) is 5.64. The van der Waals surface area contributed by atoms with E-state index in [1.807, 2.05) is 13.8 Å². The van der Waals surface area contributed by atoms with Crippen molar-refractivity contribution in [2.75, 3.05) is 11.9 Å². The second-order valence-corrected chi connectivity index (χ2v) is 4.75. The fourth-order valence-electron chi connectivity index (χ4n) is 1.47. The van der Waals surface area contributed by atoms with Crippen LogP contribution in [-0.4, -0.2) is 27.5 Å². The lowest BCUT2D eigenvalue weighted by Gasteiger charge is -2.15. The van der Waals surface area contributed by atoms with Gasteiger partial charge in [-0.05, 0) is 35.7 Å². The van der Waals surface area contributed by atoms with Gasteiger partial charge >= 0.3 is 0 Å². The summed E-state index contributed by atoms with van der Waals surface area (Å²) in [7, 11) is 0. The first-order valence-electron chi connectivity index (χ1n) is 5.73. The first-order chi connectivity index (χ1) is 8.10. The number of rotatable bonds is 6. The Morgan fingerprint density at radius 2 is 2.35 bits per heavy atom. The molecule has 0 aliphatic carbocycles. The van der Waals surface area contributed by atoms with E-state index in [-0.39, 0.29) is 18.2 Å². The zero-order valence-corrected chi connectivity index (χ0v) is 11.7. The molecule has 17 heavy (non-hydrogen) atoms. The van der Waals surface area contributed by atoms with E-state index in [0.717, 1.165) is 6.42 Å². The third kappa shape index (κ3) is 3.81. The number of anilines is 1. The quantitative estimate of drug-likeness (QED) is 0.838. The van der Waals surface area contributed by atoms with Crippen LogP contribution in [0.4, 0.5) is 5.69 Å². The summed E-state index contributed by atoms with van der Waals surface area (Å²) in [5, 5.41) is 16.0. The van der Waals surface area contributed by atoms with Crippen LogP contribution < -0.4 is 10.9 Å². The van der Waals surface area contributed by atoms with E-state index in [2.05, 4.69) is 26.3 Å². The highest BCUT2D eigenvalue weighted by Crippen LogP contribution is 2.17. The molecule has 6 heteroatoms. The van der Waals surface area contributed by atoms with Crippen molar-refractivity contribution < 1.29 is 5.11 Å². The molecule has 0 aromatic carbocycles. The molecule has 5 nitrogen and oxygen atoms in total. The molecule has 0 bridgehead atoms. The van der Waals surface area contributed by atoms with Crippen LogP contribution in [0.15, 0.2) is 15.5 Å². The molecule has 0 saturated heterocycles. The van der Waals surface area contributed by atoms with Gasteiger partial charge in [0.25, 0.3) is 5.56 Å². The zero-order valence-electron chi connectivity index (χ0n) is 10.1. The van der Waals surface area contributed by atoms with Gasteiger partial charge in [0.05, 0.1) is 11.9 Å². The van der Waals surface area contributed by atoms with E-state index in [0.29, 0.717) is 23.1 Å². The summed E-state index contributed by atoms with van der Waals surface area (Å²) in [4.78, 5) is 11.9. The summed E-state index contributed by atoms with van der Waals surface area (Å²) in [6, 6.07) is 0.0968. The normalized spacial score (nSPS) is 12.5. The molecular weight excluding hydrogens is 286 g/mol. The maximum absolute atomic E-state index is 11.9. The number of aliphatic hydroxyl groups excluding tert-OH is 1. The van der Waals surface area contributed by atoms with Crippen LogP contribution >= 0.6 is 15.9 Å². The van der Waals surface area contributed by atoms with E-state index >= 15 is 0 Å². The average Bonchev–Trinajstić information content (AvgIpc) is 2.29. The summed E-state index contributed by atoms with van der Waals surface area (Å²) in [6.45, 7) is 4.67. The number of aryl methyl sites for hydroxylation is 1. The minimum absolute atomic E-state index is 0.0968. The second kappa shape index (κ2) is 6.76. The Labute approximate surface area is 109 Å². The molecule has 96 valence electrons. The molecule has 0 amide bonds. The largest absolute Gasteiger partial charge is 0.396 e. The van der Waals surface area contributed by atoms with Crippen molar-refractivity contribution in [2.24, 2.45) is 0 Å². The van der Waals surface area contributed by atoms with E-state index < -0.39 is 0 Å². The number of halogens is 1. The van der Waals surface area contributed by atoms with E-state index in [1.165, 1.54) is 4.68 Å². The van der Waals surface area contributed by atoms with E-state index in [4.69, 9.17) is 5.11 Å². The molecule has 2 N–H and O–H groups in total. The van der Waals surface area contributed by atoms with Gasteiger partial charge in [0.1, 0.15) is 4.47 Å². The van der Waals surface area contributed by atoms with Crippen LogP contribution in [0.5, 0.6) is 0 Å². The van der Waals surface area contributed by atoms with E-state index in [9.17, 15) is 4.79 Å². The molecule has 1 aromatic rings. The monoisotopic (exact) mass is 303 g/mol. The van der Waals surface area contributed by atoms with Gasteiger partial charge in [0.15, 0.2) is 0 Å². The fourth-order valence-corrected chi connectivity index (χ4v) is 1.89. The van der Waals surface area contributed by atoms with Crippen molar-refractivity contribution in [3.8, 4) is 0 Å². The minimum atomic E-state index is -0.131. The van der Waals surface area contributed by atoms with E-state index in [1.54, 1.807) is 6.20 Å². The highest BCUT2D eigenvalue weighted by Gasteiger charge is 2.10. The molecule has 0 aliphatic rings. The molecule has 0 saturated carbocycles. The average molecular weight is 304 g/mol. The Bertz CT molecular complexity index is 420. The van der Waals surface area contributed by atoms with Crippen molar-refractivity contribution in [1.82, 2.24) is 9.78 Å². The van der Waals surface area contributed by atoms with Crippen LogP contribution in [0.25, 0.3) is 0 Å². The standard InChI is InChI=1S/C11H18BrN3O2/c1-3-5-15-11(17)10(12)9(7-13-15)14-8(2)4-6-16/h7-8,14,16H,3-6H2,1-2H3. The Morgan fingerprint density at radius 3 is 2.94 bits per heavy atom. The Morgan fingerprint density at radius 1 is 1.65 bits per heavy atom. The van der Waals surface area contributed by atoms with Gasteiger partial charge in [0.2, 0.25) is 0 Å². The third-order valence-electron chi connectivity index (χ3n) is 2.38. The number of hydrogen-bond donors (Lipinski definition) is 2. The van der Waals surface area contributed by atoms with Gasteiger partial charge in [-0.25, -0.2) is 4.68 Å². The maximum Gasteiger partial charge on any atom is 0.283 e. The summed E-state index contributed by atoms with van der Waals surface area (Å²) < 4.78 is 1.93. The molecule has 1 heterocycles. The van der Waals surface area contributed by atoms with Gasteiger partial charge in [-0.2, -0.15) is 5.10 Å². The summed E-state index contributed by atoms with van der Waals surface area (Å²) in [6.07, 6.45) is 3.13. The van der Waals surface area contributed by atoms with Crippen molar-refractivity contribution >= 4 is 21.6 Å². The molecule has 1 unspecified atom stereocenters. The predicted molar refractivity (Wildman–Crippen MR) is 71.3 cm³/mol. The van der Waals surface area contributed by atoms with Gasteiger partial charge in [-0.15, -0.1) is 0 Å². The topological polar surface area (TPSA) is 67.2 Å². The van der Waals surface area contributed by atoms with Gasteiger partial charge < -0.3 is 10.4 Å². The first kappa shape index (κ1) is 14.2. The molecule has 0 aliphatic heterocycles. The third-order valence-corrected chi connectivity index (χ3v) is 3.15. The molecule has 0 fully saturated rings.